The summed E-state index contributed by atoms with van der Waals surface area (Å²) < 4.78 is 160. The number of nitrogens with one attached hydrogen (secondary N) is 3. The number of fused-ring (bicyclic) bond motifs is 8. The molecule has 8 aliphatic heterocycles. The van der Waals surface area contributed by atoms with Crippen LogP contribution in [0, 0.1) is 41.4 Å². The summed E-state index contributed by atoms with van der Waals surface area (Å²) in [7, 11) is 0. The molecule has 0 aromatic carbocycles. The Labute approximate surface area is 883 Å². The fraction of sp³-hybridized carbons (Fsp3) is 0.659. The monoisotopic (exact) mass is 2310 g/mol. The van der Waals surface area contributed by atoms with Crippen molar-refractivity contribution in [3.05, 3.63) is 167 Å². The van der Waals surface area contributed by atoms with Gasteiger partial charge >= 0.3 is 110 Å². The van der Waals surface area contributed by atoms with E-state index in [1.165, 1.54) is 45.9 Å². The van der Waals surface area contributed by atoms with Crippen LogP contribution >= 0.6 is 106 Å². The number of hydrogen-bond acceptors (Lipinski definition) is 32. The van der Waals surface area contributed by atoms with E-state index in [0.717, 1.165) is 55.1 Å². The molecule has 0 saturated carbocycles. The number of aliphatic hydroxyl groups excluding tert-OH is 3. The van der Waals surface area contributed by atoms with E-state index in [9.17, 15) is 95.2 Å². The number of anilines is 1. The molecule has 137 heavy (non-hydrogen) atoms. The molecule has 0 unspecified atom stereocenters. The number of aromatic nitrogens is 12. The molecule has 0 aliphatic carbocycles. The summed E-state index contributed by atoms with van der Waals surface area (Å²) in [5.41, 5.74) is -8.49. The molecule has 768 valence electrons. The number of nitrogen functional groups attached to an aromatic ring is 1. The summed E-state index contributed by atoms with van der Waals surface area (Å²) >= 11 is 29.4. The molecular formula is C82H115Cl5F6I2KN13O28. The van der Waals surface area contributed by atoms with Gasteiger partial charge in [0.05, 0.1) is 66.3 Å². The fourth-order valence-electron chi connectivity index (χ4n) is 14.6. The van der Waals surface area contributed by atoms with Crippen molar-refractivity contribution in [3.8, 4) is 12.0 Å². The maximum Gasteiger partial charge on any atom is 1.00 e. The van der Waals surface area contributed by atoms with Gasteiger partial charge in [0.15, 0.2) is 97.8 Å². The van der Waals surface area contributed by atoms with Crippen LogP contribution in [-0.4, -0.2) is 254 Å². The average molecular weight is 2320 g/mol. The Morgan fingerprint density at radius 2 is 0.774 bits per heavy atom. The van der Waals surface area contributed by atoms with E-state index >= 15 is 8.78 Å². The predicted octanol–water partition coefficient (Wildman–Crippen LogP) is 3.60. The molecular weight excluding hydrogens is 2200 g/mol. The van der Waals surface area contributed by atoms with Crippen LogP contribution in [0.3, 0.4) is 0 Å². The minimum atomic E-state index is -2.02. The number of nitrogens with two attached hydrogens (primary N) is 1. The van der Waals surface area contributed by atoms with Gasteiger partial charge in [0.25, 0.3) is 27.8 Å². The van der Waals surface area contributed by atoms with Gasteiger partial charge in [-0.15, -0.1) is 106 Å². The second-order valence-electron chi connectivity index (χ2n) is 33.4. The Morgan fingerprint density at radius 3 is 1.11 bits per heavy atom. The smallest absolute Gasteiger partial charge is 1.00 e. The van der Waals surface area contributed by atoms with Gasteiger partial charge in [-0.25, -0.2) is 45.5 Å². The van der Waals surface area contributed by atoms with E-state index in [1.54, 1.807) is 69.2 Å². The number of halogens is 13. The average Bonchev–Trinajstić information content (AvgIpc) is 1.59. The minimum Gasteiger partial charge on any atom is -1.00 e. The number of nitrogens with zero attached hydrogens (tertiary/aromatic N) is 9. The maximum absolute atomic E-state index is 15.4. The fourth-order valence-corrected chi connectivity index (χ4v) is 16.3. The number of aliphatic hydroxyl groups is 3. The third-order valence-electron chi connectivity index (χ3n) is 23.2. The Balaban J connectivity index is 0.000000564. The summed E-state index contributed by atoms with van der Waals surface area (Å²) in [6, 6.07) is 7.18. The van der Waals surface area contributed by atoms with E-state index in [1.807, 2.05) is 28.8 Å². The minimum absolute atomic E-state index is 0. The van der Waals surface area contributed by atoms with Gasteiger partial charge < -0.3 is 79.3 Å². The molecule has 4 bridgehead atoms. The van der Waals surface area contributed by atoms with E-state index in [0.29, 0.717) is 6.42 Å². The van der Waals surface area contributed by atoms with Crippen molar-refractivity contribution in [3.63, 3.8) is 0 Å². The first-order valence-corrected chi connectivity index (χ1v) is 43.8. The van der Waals surface area contributed by atoms with Crippen molar-refractivity contribution >= 4 is 136 Å². The Morgan fingerprint density at radius 1 is 0.460 bits per heavy atom. The number of carbonyl (C=O) groups excluding carboxylic acids is 4. The van der Waals surface area contributed by atoms with Crippen molar-refractivity contribution in [2.75, 3.05) is 74.8 Å². The Hall–Kier alpha value is -6.27. The third kappa shape index (κ3) is 26.7. The van der Waals surface area contributed by atoms with Crippen LogP contribution in [0.4, 0.5) is 32.2 Å². The number of esters is 4. The molecule has 6 saturated heterocycles. The number of aromatic amines is 3. The summed E-state index contributed by atoms with van der Waals surface area (Å²) in [4.78, 5) is 168. The van der Waals surface area contributed by atoms with Crippen molar-refractivity contribution in [2.45, 2.75) is 231 Å². The second kappa shape index (κ2) is 51.8. The Bertz CT molecular complexity index is 5450. The molecule has 8 N–H and O–H groups in total. The number of rotatable bonds is 22. The molecule has 24 atom stereocenters. The third-order valence-corrected chi connectivity index (χ3v) is 25.5. The van der Waals surface area contributed by atoms with Crippen molar-refractivity contribution in [1.29, 1.82) is 0 Å². The van der Waals surface area contributed by atoms with Crippen LogP contribution in [0.25, 0.3) is 0 Å². The van der Waals surface area contributed by atoms with Gasteiger partial charge in [-0.05, 0) is 12.5 Å². The van der Waals surface area contributed by atoms with E-state index in [-0.39, 0.29) is 189 Å². The first-order valence-electron chi connectivity index (χ1n) is 41.2. The number of carbonyl (C=O) groups is 4. The molecule has 41 nitrogen and oxygen atoms in total. The van der Waals surface area contributed by atoms with Crippen molar-refractivity contribution < 1.29 is 172 Å². The molecule has 6 aromatic heterocycles. The van der Waals surface area contributed by atoms with Crippen LogP contribution < -0.4 is 117 Å². The first-order chi connectivity index (χ1) is 62.1. The summed E-state index contributed by atoms with van der Waals surface area (Å²) in [5, 5.41) is 28.3. The number of H-pyrrole nitrogens is 3. The molecule has 0 spiro atoms. The zero-order valence-electron chi connectivity index (χ0n) is 75.7. The maximum atomic E-state index is 15.4. The summed E-state index contributed by atoms with van der Waals surface area (Å²) in [6.45, 7) is 18.1. The predicted molar refractivity (Wildman–Crippen MR) is 501 cm³/mol. The van der Waals surface area contributed by atoms with Crippen LogP contribution in [0.1, 0.15) is 145 Å². The van der Waals surface area contributed by atoms with Gasteiger partial charge in [0, 0.05) is 86.7 Å². The summed E-state index contributed by atoms with van der Waals surface area (Å²) in [6.07, 6.45) is -13.8. The van der Waals surface area contributed by atoms with Gasteiger partial charge in [0.1, 0.15) is 60.8 Å². The molecule has 8 aliphatic rings. The van der Waals surface area contributed by atoms with Gasteiger partial charge in [-0.2, -0.15) is 15.0 Å². The van der Waals surface area contributed by atoms with E-state index < -0.39 is 257 Å². The van der Waals surface area contributed by atoms with Crippen LogP contribution in [0.15, 0.2) is 117 Å². The number of hydrogen-bond donors (Lipinski definition) is 7. The second-order valence-corrected chi connectivity index (χ2v) is 34.7. The normalized spacial score (nSPS) is 30.8. The number of alkyl halides is 11. The zero-order chi connectivity index (χ0) is 98.1. The molecule has 55 heteroatoms. The van der Waals surface area contributed by atoms with Gasteiger partial charge in [0.2, 0.25) is 0 Å². The standard InChI is InChI=1S/C18H25ClFN3O6.C18H24ClFN2O7.C12H15FN2O3.C11H14ClFN2O4.C11H12ClFN2O3.C10H12ClFN2O5.2CH4.2HI.K.H2.H/c1-9(2)15(24)27-8-18(7-19)13(28-16(25)10(3)4)12(20)14(29-18)23-6-5-11(21)22-17(23)26;1-9(2)15(24)27-8-18(7-19)13(28-16(25)10(3)4)12(20)14(29-18)22-6-5-11(23)21-17(22)26;1-3-12-6-17-11-14-8(16)4-5-15(11)10(18-12)9(13)7(12)2;1-6-8(13)9(19-11(6,4-12)5-16)15-3-2-7(17)14-10(15)18;1-6-8(13)9-15-3-2-7(16)14-10(15)17-5-11(6,4-12)18-9;11-3-10(4-15)7(17)6(12)8(19-10)14-2-1-5(16)13-9(14)18;;;;;;;/h5-6,9-10,12-14H,7-8H2,1-4H3,(H2,21,22,26);5-6,9-10,12-14H,7-8H2,1-4H3,(H,21,23,26);4-5,7,9-10H,3,6H2,1-2H3;2-3,6,8-9,16H,4-5H2,1H3,(H,14,17,18);2-3,6,8-9H,4-5H2,1H3;1-2,6-8,15,17H,3-4H2,(H,13,16,18);2*1H4;2*1H;;1H;/q;;;;;;;;;;+1;;-1/t2*12-,13+,14-,18-;7-,9+,10+,12+;2*6-,8+,9+,11+;6-,7+,8-,10-;;;;;;;/m110001......./s1. The van der Waals surface area contributed by atoms with Crippen molar-refractivity contribution in [1.82, 2.24) is 57.3 Å². The molecule has 0 radical (unpaired) electrons. The molecule has 14 heterocycles. The first kappa shape index (κ1) is 123. The van der Waals surface area contributed by atoms with Crippen LogP contribution in [0.2, 0.25) is 0 Å². The largest absolute Gasteiger partial charge is 1.00 e. The summed E-state index contributed by atoms with van der Waals surface area (Å²) in [5.74, 6) is -6.96. The van der Waals surface area contributed by atoms with Crippen LogP contribution in [0.5, 0.6) is 12.0 Å². The van der Waals surface area contributed by atoms with Crippen LogP contribution in [-0.2, 0) is 66.5 Å². The van der Waals surface area contributed by atoms with Crippen molar-refractivity contribution in [2.24, 2.45) is 41.4 Å². The quantitative estimate of drug-likeness (QED) is 0.0127. The number of ether oxygens (including phenoxy) is 12. The SMILES string of the molecule is C.C.CC(C)C(=O)OC[C@@]1(CCl)O[C@@H](n2ccc(=O)[nH]c2=O)[C@H](F)[C@@H]1OC(=O)C(C)C.CC(C)C(=O)OC[C@@]1(CCl)O[C@@H](n2ccc(N)nc2=O)[C@H](F)[C@@H]1OC(=O)C(C)C.CC[C@]12COc3nc(=O)ccn3[C@H](O1)[C@H](F)[C@@H]2C.C[C@H]1[C@@H](F)[C@H](n2ccc(=O)[nH]c2=O)O[C@@]1(CO)CCl.C[C@H]1[C@@H](F)[C@H]2O[C@]1(CCl)COc1nc(=O)ccn12.I.I.O=c1ccn([C@@H]2O[C@@](CO)(CCl)[C@@H](O)[C@H]2F)c(=O)[nH]1.[H-].[HH].[K+]. The molecule has 6 fully saturated rings. The zero-order valence-corrected chi connectivity index (χ0v) is 86.3. The molecule has 14 rings (SSSR count). The van der Waals surface area contributed by atoms with Gasteiger partial charge in [-0.3, -0.25) is 85.5 Å². The molecule has 0 amide bonds. The topological polar surface area (TPSA) is 535 Å². The van der Waals surface area contributed by atoms with E-state index in [2.05, 4.69) is 15.0 Å². The van der Waals surface area contributed by atoms with Gasteiger partial charge in [-0.1, -0.05) is 97.9 Å². The van der Waals surface area contributed by atoms with E-state index in [4.69, 9.17) is 121 Å². The Kier molecular flexibility index (Phi) is 46.5. The molecule has 6 aromatic rings.